The quantitative estimate of drug-likeness (QED) is 0.0551. The Bertz CT molecular complexity index is 1020. The zero-order valence-electron chi connectivity index (χ0n) is 34.5. The van der Waals surface area contributed by atoms with Gasteiger partial charge in [0.1, 0.15) is 5.54 Å². The molecule has 0 aromatic carbocycles. The second-order valence-corrected chi connectivity index (χ2v) is 19.1. The molecule has 0 spiro atoms. The van der Waals surface area contributed by atoms with Crippen molar-refractivity contribution in [2.75, 3.05) is 39.8 Å². The first kappa shape index (κ1) is 47.9. The van der Waals surface area contributed by atoms with Crippen LogP contribution in [-0.4, -0.2) is 68.6 Å². The molecule has 3 unspecified atom stereocenters. The summed E-state index contributed by atoms with van der Waals surface area (Å²) in [7, 11) is 1.90. The third-order valence-corrected chi connectivity index (χ3v) is 11.0. The molecule has 11 heteroatoms. The predicted octanol–water partition coefficient (Wildman–Crippen LogP) is 6.18. The first-order chi connectivity index (χ1) is 22.8. The Hall–Kier alpha value is -2.11. The van der Waals surface area contributed by atoms with Gasteiger partial charge in [0.2, 0.25) is 17.7 Å². The van der Waals surface area contributed by atoms with Crippen molar-refractivity contribution in [1.29, 1.82) is 0 Å². The average molecular weight is 710 g/mol. The molecule has 0 rings (SSSR count). The number of likely N-dealkylation sites (N-methyl/N-ethyl adjacent to an activating group) is 1. The first-order valence-electron chi connectivity index (χ1n) is 19.0. The van der Waals surface area contributed by atoms with Gasteiger partial charge in [0.15, 0.2) is 0 Å². The van der Waals surface area contributed by atoms with Gasteiger partial charge in [0.05, 0.1) is 0 Å². The van der Waals surface area contributed by atoms with Crippen molar-refractivity contribution in [1.82, 2.24) is 21.3 Å². The maximum Gasteiger partial charge on any atom is 0.220 e. The van der Waals surface area contributed by atoms with Crippen molar-refractivity contribution >= 4 is 17.7 Å². The maximum absolute atomic E-state index is 13.2. The highest BCUT2D eigenvalue weighted by Crippen LogP contribution is 2.36. The van der Waals surface area contributed by atoms with Crippen LogP contribution in [0.15, 0.2) is 5.18 Å². The second-order valence-electron chi connectivity index (χ2n) is 19.1. The standard InChI is InChI=1S/C39H79N7O4/c1-14-33(3,4)24-38(12,42-13)29-45-32(49)18-21-39(46-50,19-16-30(47)43-27-36(9,10)22-34(5,6)25-40)20-17-31(48)44-28-37(11,15-2)23-35(7,8)26-41/h42H,14-29,40-41H2,1-13H3,(H,43,47)(H,44,48)(H,45,49). The summed E-state index contributed by atoms with van der Waals surface area (Å²) < 4.78 is 0. The summed E-state index contributed by atoms with van der Waals surface area (Å²) in [5.74, 6) is -0.548. The number of rotatable bonds is 27. The number of nitrogens with zero attached hydrogens (tertiary/aromatic N) is 1. The topological polar surface area (TPSA) is 181 Å². The SMILES string of the molecule is CCC(C)(C)CC(C)(CNC(=O)CCC(CCC(=O)NCC(C)(C)CC(C)(C)CN)(CCC(=O)NCC(C)(CC)CC(C)(C)CN)N=O)NC. The Kier molecular flexibility index (Phi) is 19.4. The van der Waals surface area contributed by atoms with Crippen molar-refractivity contribution in [2.24, 2.45) is 43.7 Å². The Balaban J connectivity index is 5.73. The lowest BCUT2D eigenvalue weighted by Gasteiger charge is -2.37. The van der Waals surface area contributed by atoms with Crippen LogP contribution >= 0.6 is 0 Å². The molecule has 0 aliphatic rings. The van der Waals surface area contributed by atoms with Crippen molar-refractivity contribution < 1.29 is 14.4 Å². The van der Waals surface area contributed by atoms with Crippen molar-refractivity contribution in [3.05, 3.63) is 4.91 Å². The molecule has 0 bridgehead atoms. The van der Waals surface area contributed by atoms with E-state index in [1.165, 1.54) is 0 Å². The minimum absolute atomic E-state index is 0.0557. The third-order valence-electron chi connectivity index (χ3n) is 11.0. The van der Waals surface area contributed by atoms with Gasteiger partial charge in [-0.25, -0.2) is 0 Å². The van der Waals surface area contributed by atoms with E-state index < -0.39 is 5.54 Å². The van der Waals surface area contributed by atoms with Gasteiger partial charge in [-0.15, -0.1) is 0 Å². The Morgan fingerprint density at radius 3 is 1.36 bits per heavy atom. The molecule has 294 valence electrons. The van der Waals surface area contributed by atoms with Crippen LogP contribution in [0.2, 0.25) is 0 Å². The highest BCUT2D eigenvalue weighted by atomic mass is 16.3. The van der Waals surface area contributed by atoms with Gasteiger partial charge < -0.3 is 32.7 Å². The molecule has 0 radical (unpaired) electrons. The van der Waals surface area contributed by atoms with E-state index in [0.717, 1.165) is 32.1 Å². The molecule has 11 nitrogen and oxygen atoms in total. The normalized spacial score (nSPS) is 16.5. The lowest BCUT2D eigenvalue weighted by Crippen LogP contribution is -2.52. The average Bonchev–Trinajstić information content (AvgIpc) is 3.04. The lowest BCUT2D eigenvalue weighted by atomic mass is 9.72. The first-order valence-corrected chi connectivity index (χ1v) is 19.0. The summed E-state index contributed by atoms with van der Waals surface area (Å²) in [6.07, 6.45) is 5.11. The van der Waals surface area contributed by atoms with Gasteiger partial charge in [-0.1, -0.05) is 87.8 Å². The van der Waals surface area contributed by atoms with Crippen LogP contribution in [0.3, 0.4) is 0 Å². The second kappa shape index (κ2) is 20.2. The van der Waals surface area contributed by atoms with Gasteiger partial charge in [-0.2, -0.15) is 4.91 Å². The smallest absolute Gasteiger partial charge is 0.220 e. The summed E-state index contributed by atoms with van der Waals surface area (Å²) in [6.45, 7) is 28.1. The third kappa shape index (κ3) is 18.9. The van der Waals surface area contributed by atoms with E-state index in [-0.39, 0.29) is 88.9 Å². The van der Waals surface area contributed by atoms with Crippen LogP contribution in [0.25, 0.3) is 0 Å². The molecule has 0 aliphatic heterocycles. The number of hydrogen-bond donors (Lipinski definition) is 6. The van der Waals surface area contributed by atoms with Gasteiger partial charge in [-0.3, -0.25) is 14.4 Å². The Morgan fingerprint density at radius 2 is 0.980 bits per heavy atom. The van der Waals surface area contributed by atoms with Crippen LogP contribution in [0.1, 0.15) is 154 Å². The minimum atomic E-state index is -1.24. The van der Waals surface area contributed by atoms with Gasteiger partial charge >= 0.3 is 0 Å². The summed E-state index contributed by atoms with van der Waals surface area (Å²) in [6, 6.07) is 0. The summed E-state index contributed by atoms with van der Waals surface area (Å²) in [4.78, 5) is 52.0. The number of nitrogens with one attached hydrogen (secondary N) is 4. The van der Waals surface area contributed by atoms with E-state index in [1.807, 2.05) is 7.05 Å². The van der Waals surface area contributed by atoms with E-state index in [9.17, 15) is 19.3 Å². The molecule has 8 N–H and O–H groups in total. The molecule has 0 aliphatic carbocycles. The molecule has 0 saturated carbocycles. The van der Waals surface area contributed by atoms with Crippen LogP contribution < -0.4 is 32.7 Å². The molecule has 0 aromatic heterocycles. The van der Waals surface area contributed by atoms with Crippen molar-refractivity contribution in [3.63, 3.8) is 0 Å². The largest absolute Gasteiger partial charge is 0.356 e. The van der Waals surface area contributed by atoms with Gasteiger partial charge in [0.25, 0.3) is 0 Å². The zero-order chi connectivity index (χ0) is 39.1. The molecular formula is C39H79N7O4. The molecular weight excluding hydrogens is 630 g/mol. The number of nitrogens with two attached hydrogens (primary N) is 2. The number of hydrogen-bond acceptors (Lipinski definition) is 8. The van der Waals surface area contributed by atoms with Crippen molar-refractivity contribution in [3.8, 4) is 0 Å². The van der Waals surface area contributed by atoms with Crippen LogP contribution in [0, 0.1) is 32.0 Å². The van der Waals surface area contributed by atoms with E-state index >= 15 is 0 Å². The van der Waals surface area contributed by atoms with Crippen molar-refractivity contribution in [2.45, 2.75) is 165 Å². The molecule has 0 aromatic rings. The molecule has 3 atom stereocenters. The van der Waals surface area contributed by atoms with Crippen LogP contribution in [-0.2, 0) is 14.4 Å². The minimum Gasteiger partial charge on any atom is -0.356 e. The summed E-state index contributed by atoms with van der Waals surface area (Å²) >= 11 is 0. The zero-order valence-corrected chi connectivity index (χ0v) is 34.5. The van der Waals surface area contributed by atoms with E-state index in [1.54, 1.807) is 0 Å². The number of carbonyl (C=O) groups is 3. The Labute approximate surface area is 306 Å². The number of carbonyl (C=O) groups excluding carboxylic acids is 3. The van der Waals surface area contributed by atoms with E-state index in [4.69, 9.17) is 11.5 Å². The van der Waals surface area contributed by atoms with Crippen LogP contribution in [0.5, 0.6) is 0 Å². The molecule has 50 heavy (non-hydrogen) atoms. The number of nitroso groups, excluding NO2 is 1. The fraction of sp³-hybridized carbons (Fsp3) is 0.923. The summed E-state index contributed by atoms with van der Waals surface area (Å²) in [5, 5.41) is 16.1. The van der Waals surface area contributed by atoms with E-state index in [0.29, 0.717) is 32.7 Å². The predicted molar refractivity (Wildman–Crippen MR) is 208 cm³/mol. The van der Waals surface area contributed by atoms with Gasteiger partial charge in [-0.05, 0) is 99.1 Å². The number of amides is 3. The molecule has 0 heterocycles. The summed E-state index contributed by atoms with van der Waals surface area (Å²) in [5.41, 5.74) is 10.1. The monoisotopic (exact) mass is 710 g/mol. The lowest BCUT2D eigenvalue weighted by molar-refractivity contribution is -0.122. The maximum atomic E-state index is 13.2. The molecule has 0 fully saturated rings. The highest BCUT2D eigenvalue weighted by molar-refractivity contribution is 5.77. The fourth-order valence-corrected chi connectivity index (χ4v) is 7.15. The van der Waals surface area contributed by atoms with Gasteiger partial charge in [0, 0.05) is 44.4 Å². The fourth-order valence-electron chi connectivity index (χ4n) is 7.15. The molecule has 0 saturated heterocycles. The highest BCUT2D eigenvalue weighted by Gasteiger charge is 2.36. The van der Waals surface area contributed by atoms with Crippen LogP contribution in [0.4, 0.5) is 0 Å². The van der Waals surface area contributed by atoms with E-state index in [2.05, 4.69) is 110 Å². The Morgan fingerprint density at radius 1 is 0.560 bits per heavy atom. The molecule has 3 amide bonds.